The zero-order valence-corrected chi connectivity index (χ0v) is 8.96. The predicted octanol–water partition coefficient (Wildman–Crippen LogP) is 3.24. The normalized spacial score (nSPS) is 37.6. The van der Waals surface area contributed by atoms with Crippen LogP contribution in [0.2, 0.25) is 0 Å². The first-order chi connectivity index (χ1) is 6.25. The summed E-state index contributed by atoms with van der Waals surface area (Å²) in [5.74, 6) is 3.17. The lowest BCUT2D eigenvalue weighted by Crippen LogP contribution is -2.14. The smallest absolute Gasteiger partial charge is 0.0518 e. The van der Waals surface area contributed by atoms with Gasteiger partial charge in [0.15, 0.2) is 0 Å². The molecule has 0 aliphatic heterocycles. The third-order valence-corrected chi connectivity index (χ3v) is 3.82. The van der Waals surface area contributed by atoms with Crippen LogP contribution in [0.25, 0.3) is 0 Å². The molecular weight excluding hydrogens is 160 g/mol. The fraction of sp³-hybridized carbons (Fsp3) is 1.00. The Hall–Kier alpha value is -0.0400. The second-order valence-electron chi connectivity index (χ2n) is 5.14. The first-order valence-electron chi connectivity index (χ1n) is 5.87. The first kappa shape index (κ1) is 9.51. The van der Waals surface area contributed by atoms with Gasteiger partial charge in [0.1, 0.15) is 0 Å². The van der Waals surface area contributed by atoms with E-state index in [0.717, 1.165) is 24.4 Å². The molecule has 3 unspecified atom stereocenters. The largest absolute Gasteiger partial charge is 0.379 e. The van der Waals surface area contributed by atoms with E-state index in [4.69, 9.17) is 4.74 Å². The standard InChI is InChI=1S/C12H22O/c1-9(2)13-6-5-12-8-10-3-4-11(12)7-10/h9-12H,3-8H2,1-2H3. The highest BCUT2D eigenvalue weighted by Gasteiger charge is 2.38. The van der Waals surface area contributed by atoms with Crippen molar-refractivity contribution >= 4 is 0 Å². The maximum Gasteiger partial charge on any atom is 0.0518 e. The Balaban J connectivity index is 1.66. The first-order valence-corrected chi connectivity index (χ1v) is 5.87. The van der Waals surface area contributed by atoms with Gasteiger partial charge in [-0.3, -0.25) is 0 Å². The summed E-state index contributed by atoms with van der Waals surface area (Å²) in [5, 5.41) is 0. The third-order valence-electron chi connectivity index (χ3n) is 3.82. The van der Waals surface area contributed by atoms with Gasteiger partial charge in [-0.15, -0.1) is 0 Å². The third kappa shape index (κ3) is 2.25. The SMILES string of the molecule is CC(C)OCCC1CC2CCC1C2. The Morgan fingerprint density at radius 2 is 2.08 bits per heavy atom. The summed E-state index contributed by atoms with van der Waals surface area (Å²) >= 11 is 0. The van der Waals surface area contributed by atoms with Gasteiger partial charge in [-0.25, -0.2) is 0 Å². The van der Waals surface area contributed by atoms with Crippen molar-refractivity contribution in [2.75, 3.05) is 6.61 Å². The molecular formula is C12H22O. The van der Waals surface area contributed by atoms with Gasteiger partial charge in [-0.1, -0.05) is 6.42 Å². The summed E-state index contributed by atoms with van der Waals surface area (Å²) in [6, 6.07) is 0. The molecule has 1 heteroatoms. The highest BCUT2D eigenvalue weighted by atomic mass is 16.5. The summed E-state index contributed by atoms with van der Waals surface area (Å²) in [6.07, 6.45) is 7.81. The van der Waals surface area contributed by atoms with Crippen molar-refractivity contribution in [3.8, 4) is 0 Å². The number of hydrogen-bond acceptors (Lipinski definition) is 1. The van der Waals surface area contributed by atoms with E-state index in [1.807, 2.05) is 0 Å². The molecule has 0 amide bonds. The maximum atomic E-state index is 5.61. The molecule has 0 N–H and O–H groups in total. The lowest BCUT2D eigenvalue weighted by atomic mass is 9.87. The van der Waals surface area contributed by atoms with Crippen LogP contribution in [-0.2, 0) is 4.74 Å². The van der Waals surface area contributed by atoms with E-state index in [1.165, 1.54) is 32.1 Å². The molecule has 2 aliphatic rings. The molecule has 76 valence electrons. The van der Waals surface area contributed by atoms with Crippen LogP contribution >= 0.6 is 0 Å². The average Bonchev–Trinajstić information content (AvgIpc) is 2.64. The molecule has 0 spiro atoms. The molecule has 0 aromatic rings. The summed E-state index contributed by atoms with van der Waals surface area (Å²) in [6.45, 7) is 5.24. The van der Waals surface area contributed by atoms with Crippen molar-refractivity contribution in [1.82, 2.24) is 0 Å². The van der Waals surface area contributed by atoms with E-state index in [9.17, 15) is 0 Å². The monoisotopic (exact) mass is 182 g/mol. The number of hydrogen-bond donors (Lipinski definition) is 0. The van der Waals surface area contributed by atoms with Crippen LogP contribution in [0.1, 0.15) is 46.0 Å². The second kappa shape index (κ2) is 4.00. The van der Waals surface area contributed by atoms with Crippen molar-refractivity contribution in [3.05, 3.63) is 0 Å². The van der Waals surface area contributed by atoms with Crippen molar-refractivity contribution in [2.45, 2.75) is 52.1 Å². The molecule has 3 atom stereocenters. The fourth-order valence-corrected chi connectivity index (χ4v) is 3.19. The van der Waals surface area contributed by atoms with E-state index in [1.54, 1.807) is 0 Å². The molecule has 13 heavy (non-hydrogen) atoms. The molecule has 0 aromatic heterocycles. The molecule has 0 heterocycles. The van der Waals surface area contributed by atoms with Crippen LogP contribution in [0.4, 0.5) is 0 Å². The Morgan fingerprint density at radius 1 is 1.23 bits per heavy atom. The second-order valence-corrected chi connectivity index (χ2v) is 5.14. The van der Waals surface area contributed by atoms with Crippen molar-refractivity contribution in [1.29, 1.82) is 0 Å². The molecule has 2 saturated carbocycles. The minimum absolute atomic E-state index is 0.415. The summed E-state index contributed by atoms with van der Waals surface area (Å²) in [5.41, 5.74) is 0. The zero-order chi connectivity index (χ0) is 9.26. The van der Waals surface area contributed by atoms with E-state index in [-0.39, 0.29) is 0 Å². The highest BCUT2D eigenvalue weighted by Crippen LogP contribution is 2.49. The van der Waals surface area contributed by atoms with Crippen molar-refractivity contribution in [3.63, 3.8) is 0 Å². The van der Waals surface area contributed by atoms with Crippen molar-refractivity contribution in [2.24, 2.45) is 17.8 Å². The molecule has 2 rings (SSSR count). The maximum absolute atomic E-state index is 5.61. The van der Waals surface area contributed by atoms with E-state index in [0.29, 0.717) is 6.10 Å². The van der Waals surface area contributed by atoms with E-state index in [2.05, 4.69) is 13.8 Å². The Labute approximate surface area is 81.9 Å². The number of ether oxygens (including phenoxy) is 1. The number of fused-ring (bicyclic) bond motifs is 2. The molecule has 2 aliphatic carbocycles. The quantitative estimate of drug-likeness (QED) is 0.648. The summed E-state index contributed by atoms with van der Waals surface area (Å²) in [7, 11) is 0. The lowest BCUT2D eigenvalue weighted by molar-refractivity contribution is 0.0628. The summed E-state index contributed by atoms with van der Waals surface area (Å²) in [4.78, 5) is 0. The minimum atomic E-state index is 0.415. The highest BCUT2D eigenvalue weighted by molar-refractivity contribution is 4.89. The minimum Gasteiger partial charge on any atom is -0.379 e. The van der Waals surface area contributed by atoms with Crippen LogP contribution in [0.3, 0.4) is 0 Å². The topological polar surface area (TPSA) is 9.23 Å². The van der Waals surface area contributed by atoms with Gasteiger partial charge in [0.05, 0.1) is 6.10 Å². The molecule has 2 bridgehead atoms. The van der Waals surface area contributed by atoms with Crippen LogP contribution in [-0.4, -0.2) is 12.7 Å². The molecule has 1 nitrogen and oxygen atoms in total. The van der Waals surface area contributed by atoms with E-state index < -0.39 is 0 Å². The van der Waals surface area contributed by atoms with Crippen molar-refractivity contribution < 1.29 is 4.74 Å². The Bertz CT molecular complexity index is 165. The average molecular weight is 182 g/mol. The number of rotatable bonds is 4. The van der Waals surface area contributed by atoms with Gasteiger partial charge in [0, 0.05) is 6.61 Å². The fourth-order valence-electron chi connectivity index (χ4n) is 3.19. The Kier molecular flexibility index (Phi) is 2.92. The predicted molar refractivity (Wildman–Crippen MR) is 54.6 cm³/mol. The van der Waals surface area contributed by atoms with Crippen LogP contribution in [0, 0.1) is 17.8 Å². The van der Waals surface area contributed by atoms with Gasteiger partial charge in [0.2, 0.25) is 0 Å². The van der Waals surface area contributed by atoms with Gasteiger partial charge < -0.3 is 4.74 Å². The molecule has 0 aromatic carbocycles. The Morgan fingerprint density at radius 3 is 2.62 bits per heavy atom. The summed E-state index contributed by atoms with van der Waals surface area (Å²) < 4.78 is 5.61. The van der Waals surface area contributed by atoms with Gasteiger partial charge in [0.25, 0.3) is 0 Å². The lowest BCUT2D eigenvalue weighted by Gasteiger charge is -2.21. The molecule has 0 radical (unpaired) electrons. The van der Waals surface area contributed by atoms with Gasteiger partial charge in [-0.05, 0) is 57.3 Å². The van der Waals surface area contributed by atoms with Gasteiger partial charge in [-0.2, -0.15) is 0 Å². The zero-order valence-electron chi connectivity index (χ0n) is 8.96. The van der Waals surface area contributed by atoms with Crippen LogP contribution in [0.5, 0.6) is 0 Å². The van der Waals surface area contributed by atoms with Gasteiger partial charge >= 0.3 is 0 Å². The molecule has 2 fully saturated rings. The molecule has 0 saturated heterocycles. The van der Waals surface area contributed by atoms with Crippen LogP contribution < -0.4 is 0 Å². The van der Waals surface area contributed by atoms with Crippen LogP contribution in [0.15, 0.2) is 0 Å². The van der Waals surface area contributed by atoms with E-state index >= 15 is 0 Å².